The van der Waals surface area contributed by atoms with Crippen LogP contribution in [0, 0.1) is 0 Å². The van der Waals surface area contributed by atoms with Gasteiger partial charge in [0.1, 0.15) is 3.58 Å². The minimum absolute atomic E-state index is 0.308. The number of hydrogen-bond donors (Lipinski definition) is 0. The van der Waals surface area contributed by atoms with Gasteiger partial charge in [-0.3, -0.25) is 0 Å². The van der Waals surface area contributed by atoms with Crippen molar-refractivity contribution in [2.45, 2.75) is 0 Å². The largest absolute Gasteiger partial charge is 0.465 e. The lowest BCUT2D eigenvalue weighted by molar-refractivity contribution is -0.135. The molecule has 9 heavy (non-hydrogen) atoms. The number of carbonyl (C=O) groups excluding carboxylic acids is 1. The minimum atomic E-state index is -0.308. The summed E-state index contributed by atoms with van der Waals surface area (Å²) < 4.78 is 5.77. The van der Waals surface area contributed by atoms with Crippen LogP contribution in [0.5, 0.6) is 0 Å². The molecule has 0 fully saturated rings. The van der Waals surface area contributed by atoms with Crippen molar-refractivity contribution in [1.82, 2.24) is 0 Å². The van der Waals surface area contributed by atoms with Gasteiger partial charge in [0.15, 0.2) is 0 Å². The Labute approximate surface area is 88.8 Å². The van der Waals surface area contributed by atoms with E-state index in [9.17, 15) is 4.79 Å². The molecule has 0 aliphatic rings. The summed E-state index contributed by atoms with van der Waals surface area (Å²) in [5.74, 6) is -0.308. The predicted molar refractivity (Wildman–Crippen MR) is 56.0 cm³/mol. The summed E-state index contributed by atoms with van der Waals surface area (Å²) >= 11 is 7.04. The molecule has 0 aliphatic carbocycles. The van der Waals surface area contributed by atoms with Gasteiger partial charge < -0.3 is 4.74 Å². The number of carbonyl (C=O) groups is 1. The average Bonchev–Trinajstić information content (AvgIpc) is 1.84. The lowest BCUT2D eigenvalue weighted by Crippen LogP contribution is -1.98. The molecule has 0 unspecified atom stereocenters. The van der Waals surface area contributed by atoms with Crippen LogP contribution in [-0.2, 0) is 9.53 Å². The molecule has 0 aromatic carbocycles. The summed E-state index contributed by atoms with van der Waals surface area (Å²) in [6, 6.07) is 0. The van der Waals surface area contributed by atoms with Gasteiger partial charge in [0, 0.05) is 0 Å². The Balaban J connectivity index is 4.21. The zero-order valence-electron chi connectivity index (χ0n) is 4.45. The van der Waals surface area contributed by atoms with Crippen LogP contribution >= 0.6 is 61.1 Å². The van der Waals surface area contributed by atoms with Crippen LogP contribution in [0.2, 0.25) is 0 Å². The van der Waals surface area contributed by atoms with E-state index < -0.39 is 0 Å². The molecule has 0 amide bonds. The van der Waals surface area contributed by atoms with Crippen LogP contribution in [-0.4, -0.2) is 13.1 Å². The highest BCUT2D eigenvalue weighted by molar-refractivity contribution is 14.1. The molecule has 0 rings (SSSR count). The Morgan fingerprint density at radius 3 is 2.11 bits per heavy atom. The summed E-state index contributed by atoms with van der Waals surface area (Å²) in [6.07, 6.45) is 0. The molecule has 0 aliphatic heterocycles. The van der Waals surface area contributed by atoms with E-state index in [2.05, 4.69) is 20.7 Å². The van der Waals surface area contributed by atoms with E-state index in [0.29, 0.717) is 3.58 Å². The molecular weight excluding hydrogens is 414 g/mol. The van der Waals surface area contributed by atoms with Crippen LogP contribution < -0.4 is 0 Å². The van der Waals surface area contributed by atoms with Crippen molar-refractivity contribution >= 4 is 67.1 Å². The molecule has 0 heterocycles. The van der Waals surface area contributed by atoms with Crippen LogP contribution in [0.15, 0.2) is 6.07 Å². The van der Waals surface area contributed by atoms with Gasteiger partial charge in [0.2, 0.25) is 0 Å². The first-order valence-electron chi connectivity index (χ1n) is 1.88. The Morgan fingerprint density at radius 1 is 1.56 bits per heavy atom. The van der Waals surface area contributed by atoms with Crippen molar-refractivity contribution in [3.8, 4) is 0 Å². The van der Waals surface area contributed by atoms with Crippen molar-refractivity contribution in [3.63, 3.8) is 0 Å². The molecule has 5 heteroatoms. The van der Waals surface area contributed by atoms with E-state index in [1.165, 1.54) is 7.11 Å². The van der Waals surface area contributed by atoms with E-state index in [1.54, 1.807) is 0 Å². The van der Waals surface area contributed by atoms with E-state index in [-0.39, 0.29) is 5.97 Å². The normalized spacial score (nSPS) is 12.4. The van der Waals surface area contributed by atoms with E-state index in [4.69, 9.17) is 0 Å². The fourth-order valence-electron chi connectivity index (χ4n) is 0.167. The zero-order valence-corrected chi connectivity index (χ0v) is 10.4. The lowest BCUT2D eigenvalue weighted by Gasteiger charge is -1.94. The smallest absolute Gasteiger partial charge is 0.345 e. The first-order valence-corrected chi connectivity index (χ1v) is 4.83. The maximum atomic E-state index is 10.6. The standard InChI is InChI=1S/C4H3BrI2O2/c1-9-4(8)2(6)3(5)7/h1H3/b3-2+. The first kappa shape index (κ1) is 10.2. The van der Waals surface area contributed by atoms with Crippen molar-refractivity contribution in [2.75, 3.05) is 7.11 Å². The number of esters is 1. The number of halogens is 3. The van der Waals surface area contributed by atoms with E-state index in [0.717, 1.165) is 2.49 Å². The SMILES string of the molecule is COC(=O)/C(I)=C(/Br)I. The second-order valence-electron chi connectivity index (χ2n) is 1.07. The second-order valence-corrected chi connectivity index (χ2v) is 5.50. The lowest BCUT2D eigenvalue weighted by atomic mass is 10.7. The topological polar surface area (TPSA) is 26.3 Å². The highest BCUT2D eigenvalue weighted by Crippen LogP contribution is 2.25. The first-order chi connectivity index (χ1) is 4.09. The maximum absolute atomic E-state index is 10.6. The molecule has 52 valence electrons. The molecule has 0 saturated carbocycles. The summed E-state index contributed by atoms with van der Waals surface area (Å²) in [6.45, 7) is 0. The van der Waals surface area contributed by atoms with Gasteiger partial charge in [-0.25, -0.2) is 4.79 Å². The quantitative estimate of drug-likeness (QED) is 0.373. The van der Waals surface area contributed by atoms with Crippen LogP contribution in [0.3, 0.4) is 0 Å². The maximum Gasteiger partial charge on any atom is 0.345 e. The van der Waals surface area contributed by atoms with E-state index in [1.807, 2.05) is 45.2 Å². The van der Waals surface area contributed by atoms with Gasteiger partial charge >= 0.3 is 5.97 Å². The van der Waals surface area contributed by atoms with Gasteiger partial charge in [0.05, 0.1) is 9.60 Å². The van der Waals surface area contributed by atoms with Gasteiger partial charge in [-0.1, -0.05) is 0 Å². The minimum Gasteiger partial charge on any atom is -0.465 e. The molecule has 0 spiro atoms. The highest BCUT2D eigenvalue weighted by atomic mass is 127. The molecule has 0 aromatic heterocycles. The number of methoxy groups -OCH3 is 1. The summed E-state index contributed by atoms with van der Waals surface area (Å²) in [4.78, 5) is 10.6. The Bertz CT molecular complexity index is 151. The third-order valence-corrected chi connectivity index (χ3v) is 4.22. The molecule has 0 N–H and O–H groups in total. The van der Waals surface area contributed by atoms with Crippen LogP contribution in [0.4, 0.5) is 0 Å². The van der Waals surface area contributed by atoms with Crippen molar-refractivity contribution < 1.29 is 9.53 Å². The summed E-state index contributed by atoms with van der Waals surface area (Å²) in [7, 11) is 1.35. The molecule has 0 aromatic rings. The second kappa shape index (κ2) is 4.89. The number of rotatable bonds is 1. The average molecular weight is 417 g/mol. The summed E-state index contributed by atoms with van der Waals surface area (Å²) in [5, 5.41) is 0. The van der Waals surface area contributed by atoms with Crippen LogP contribution in [0.1, 0.15) is 0 Å². The molecule has 0 bridgehead atoms. The Hall–Kier alpha value is 1.15. The highest BCUT2D eigenvalue weighted by Gasteiger charge is 2.07. The van der Waals surface area contributed by atoms with Gasteiger partial charge in [-0.05, 0) is 61.1 Å². The molecule has 0 radical (unpaired) electrons. The van der Waals surface area contributed by atoms with Crippen molar-refractivity contribution in [1.29, 1.82) is 0 Å². The molecule has 0 saturated heterocycles. The van der Waals surface area contributed by atoms with Crippen molar-refractivity contribution in [2.24, 2.45) is 0 Å². The van der Waals surface area contributed by atoms with Gasteiger partial charge in [-0.15, -0.1) is 0 Å². The van der Waals surface area contributed by atoms with Gasteiger partial charge in [-0.2, -0.15) is 0 Å². The Kier molecular flexibility index (Phi) is 5.51. The fourth-order valence-corrected chi connectivity index (χ4v) is 0.769. The molecule has 0 atom stereocenters. The van der Waals surface area contributed by atoms with E-state index >= 15 is 0 Å². The fraction of sp³-hybridized carbons (Fsp3) is 0.250. The molecule has 2 nitrogen and oxygen atoms in total. The van der Waals surface area contributed by atoms with Gasteiger partial charge in [0.25, 0.3) is 0 Å². The van der Waals surface area contributed by atoms with Crippen molar-refractivity contribution in [3.05, 3.63) is 6.07 Å². The third kappa shape index (κ3) is 3.76. The third-order valence-electron chi connectivity index (χ3n) is 0.531. The monoisotopic (exact) mass is 416 g/mol. The predicted octanol–water partition coefficient (Wildman–Crippen LogP) is 2.59. The summed E-state index contributed by atoms with van der Waals surface area (Å²) in [5.41, 5.74) is 0. The Morgan fingerprint density at radius 2 is 2.00 bits per heavy atom. The number of hydrogen-bond acceptors (Lipinski definition) is 2. The number of ether oxygens (including phenoxy) is 1. The zero-order chi connectivity index (χ0) is 7.44. The molecular formula is C4H3BrI2O2. The van der Waals surface area contributed by atoms with Crippen LogP contribution in [0.25, 0.3) is 0 Å².